The first-order valence-electron chi connectivity index (χ1n) is 4.98. The first kappa shape index (κ1) is 12.1. The lowest BCUT2D eigenvalue weighted by Crippen LogP contribution is -2.29. The van der Waals surface area contributed by atoms with Gasteiger partial charge >= 0.3 is 0 Å². The molecule has 1 rings (SSSR count). The van der Waals surface area contributed by atoms with Crippen molar-refractivity contribution in [3.8, 4) is 0 Å². The maximum Gasteiger partial charge on any atom is 0.230 e. The van der Waals surface area contributed by atoms with Crippen molar-refractivity contribution in [3.63, 3.8) is 0 Å². The molecular formula is C9H16N4OS. The smallest absolute Gasteiger partial charge is 0.230 e. The molecule has 0 bridgehead atoms. The number of amides is 1. The molecule has 5 nitrogen and oxygen atoms in total. The molecule has 1 amide bonds. The molecule has 15 heavy (non-hydrogen) atoms. The van der Waals surface area contributed by atoms with Gasteiger partial charge < -0.3 is 11.1 Å². The van der Waals surface area contributed by atoms with Gasteiger partial charge in [-0.25, -0.2) is 4.98 Å². The van der Waals surface area contributed by atoms with Gasteiger partial charge in [-0.3, -0.25) is 4.79 Å². The van der Waals surface area contributed by atoms with Crippen molar-refractivity contribution in [2.75, 3.05) is 11.9 Å². The van der Waals surface area contributed by atoms with Crippen LogP contribution in [0.3, 0.4) is 0 Å². The summed E-state index contributed by atoms with van der Waals surface area (Å²) in [7, 11) is 0. The van der Waals surface area contributed by atoms with Gasteiger partial charge in [0.1, 0.15) is 5.82 Å². The zero-order chi connectivity index (χ0) is 11.3. The van der Waals surface area contributed by atoms with Gasteiger partial charge in [-0.05, 0) is 13.3 Å². The topological polar surface area (TPSA) is 80.9 Å². The van der Waals surface area contributed by atoms with Crippen molar-refractivity contribution in [2.24, 2.45) is 11.7 Å². The Kier molecular flexibility index (Phi) is 4.64. The number of hydrogen-bond acceptors (Lipinski definition) is 5. The van der Waals surface area contributed by atoms with Crippen LogP contribution in [0.25, 0.3) is 0 Å². The molecule has 3 N–H and O–H groups in total. The molecule has 0 saturated heterocycles. The predicted octanol–water partition coefficient (Wildman–Crippen LogP) is 1.16. The highest BCUT2D eigenvalue weighted by Crippen LogP contribution is 2.13. The molecular weight excluding hydrogens is 212 g/mol. The van der Waals surface area contributed by atoms with Crippen LogP contribution < -0.4 is 11.1 Å². The van der Waals surface area contributed by atoms with Crippen LogP contribution in [-0.2, 0) is 4.79 Å². The van der Waals surface area contributed by atoms with Gasteiger partial charge in [0.05, 0.1) is 5.92 Å². The van der Waals surface area contributed by atoms with Crippen molar-refractivity contribution in [1.82, 2.24) is 9.36 Å². The fourth-order valence-electron chi connectivity index (χ4n) is 1.26. The Morgan fingerprint density at radius 3 is 2.87 bits per heavy atom. The standard InChI is InChI=1S/C9H16N4OS/c1-3-4-7(5-10)8(14)12-9-11-6(2)13-15-9/h7H,3-5,10H2,1-2H3,(H,11,12,13,14). The second-order valence-electron chi connectivity index (χ2n) is 3.36. The van der Waals surface area contributed by atoms with E-state index in [4.69, 9.17) is 5.73 Å². The monoisotopic (exact) mass is 228 g/mol. The average molecular weight is 228 g/mol. The minimum absolute atomic E-state index is 0.0597. The molecule has 0 spiro atoms. The quantitative estimate of drug-likeness (QED) is 0.792. The molecule has 0 aliphatic heterocycles. The van der Waals surface area contributed by atoms with E-state index in [0.29, 0.717) is 17.5 Å². The highest BCUT2D eigenvalue weighted by molar-refractivity contribution is 7.09. The Morgan fingerprint density at radius 1 is 1.67 bits per heavy atom. The van der Waals surface area contributed by atoms with Gasteiger partial charge in [-0.15, -0.1) is 0 Å². The molecule has 1 atom stereocenters. The summed E-state index contributed by atoms with van der Waals surface area (Å²) in [4.78, 5) is 15.8. The van der Waals surface area contributed by atoms with Crippen molar-refractivity contribution in [3.05, 3.63) is 5.82 Å². The molecule has 0 aliphatic carbocycles. The van der Waals surface area contributed by atoms with Gasteiger partial charge in [-0.1, -0.05) is 13.3 Å². The third-order valence-corrected chi connectivity index (χ3v) is 2.77. The van der Waals surface area contributed by atoms with E-state index >= 15 is 0 Å². The Bertz CT molecular complexity index is 326. The summed E-state index contributed by atoms with van der Waals surface area (Å²) in [5.41, 5.74) is 5.53. The van der Waals surface area contributed by atoms with E-state index in [1.165, 1.54) is 11.5 Å². The van der Waals surface area contributed by atoms with Crippen molar-refractivity contribution < 1.29 is 4.79 Å². The van der Waals surface area contributed by atoms with Gasteiger partial charge in [0.2, 0.25) is 11.0 Å². The number of aryl methyl sites for hydroxylation is 1. The summed E-state index contributed by atoms with van der Waals surface area (Å²) in [5, 5.41) is 3.27. The Labute approximate surface area is 93.3 Å². The number of hydrogen-bond donors (Lipinski definition) is 2. The minimum atomic E-state index is -0.126. The van der Waals surface area contributed by atoms with Crippen molar-refractivity contribution in [1.29, 1.82) is 0 Å². The van der Waals surface area contributed by atoms with E-state index < -0.39 is 0 Å². The zero-order valence-electron chi connectivity index (χ0n) is 8.99. The van der Waals surface area contributed by atoms with E-state index in [0.717, 1.165) is 12.8 Å². The molecule has 1 aromatic rings. The van der Waals surface area contributed by atoms with Gasteiger partial charge in [0.15, 0.2) is 0 Å². The molecule has 0 aromatic carbocycles. The third kappa shape index (κ3) is 3.56. The average Bonchev–Trinajstić information content (AvgIpc) is 2.60. The minimum Gasteiger partial charge on any atom is -0.330 e. The summed E-state index contributed by atoms with van der Waals surface area (Å²) in [5.74, 6) is 0.491. The van der Waals surface area contributed by atoms with Crippen molar-refractivity contribution in [2.45, 2.75) is 26.7 Å². The number of carbonyl (C=O) groups excluding carboxylic acids is 1. The second kappa shape index (κ2) is 5.77. The third-order valence-electron chi connectivity index (χ3n) is 2.05. The van der Waals surface area contributed by atoms with Gasteiger partial charge in [-0.2, -0.15) is 4.37 Å². The first-order chi connectivity index (χ1) is 7.17. The molecule has 1 aromatic heterocycles. The van der Waals surface area contributed by atoms with Crippen LogP contribution in [0.5, 0.6) is 0 Å². The SMILES string of the molecule is CCCC(CN)C(=O)Nc1nc(C)ns1. The van der Waals surface area contributed by atoms with E-state index in [-0.39, 0.29) is 11.8 Å². The molecule has 0 aliphatic rings. The number of nitrogens with zero attached hydrogens (tertiary/aromatic N) is 2. The largest absolute Gasteiger partial charge is 0.330 e. The lowest BCUT2D eigenvalue weighted by atomic mass is 10.0. The van der Waals surface area contributed by atoms with Gasteiger partial charge in [0, 0.05) is 18.1 Å². The maximum atomic E-state index is 11.7. The number of rotatable bonds is 5. The Balaban J connectivity index is 2.53. The fraction of sp³-hybridized carbons (Fsp3) is 0.667. The van der Waals surface area contributed by atoms with E-state index in [2.05, 4.69) is 14.7 Å². The molecule has 84 valence electrons. The molecule has 1 unspecified atom stereocenters. The first-order valence-corrected chi connectivity index (χ1v) is 5.76. The van der Waals surface area contributed by atoms with E-state index in [1.807, 2.05) is 6.92 Å². The molecule has 0 radical (unpaired) electrons. The Hall–Kier alpha value is -1.01. The molecule has 0 saturated carbocycles. The Morgan fingerprint density at radius 2 is 2.40 bits per heavy atom. The number of aromatic nitrogens is 2. The van der Waals surface area contributed by atoms with Gasteiger partial charge in [0.25, 0.3) is 0 Å². The van der Waals surface area contributed by atoms with Crippen LogP contribution in [0.15, 0.2) is 0 Å². The summed E-state index contributed by atoms with van der Waals surface area (Å²) >= 11 is 1.19. The van der Waals surface area contributed by atoms with Crippen LogP contribution in [-0.4, -0.2) is 21.8 Å². The zero-order valence-corrected chi connectivity index (χ0v) is 9.80. The highest BCUT2D eigenvalue weighted by atomic mass is 32.1. The predicted molar refractivity (Wildman–Crippen MR) is 60.7 cm³/mol. The van der Waals surface area contributed by atoms with Crippen LogP contribution in [0, 0.1) is 12.8 Å². The maximum absolute atomic E-state index is 11.7. The second-order valence-corrected chi connectivity index (χ2v) is 4.11. The lowest BCUT2D eigenvalue weighted by Gasteiger charge is -2.11. The van der Waals surface area contributed by atoms with Crippen LogP contribution in [0.2, 0.25) is 0 Å². The summed E-state index contributed by atoms with van der Waals surface area (Å²) < 4.78 is 3.99. The number of carbonyl (C=O) groups is 1. The normalized spacial score (nSPS) is 12.5. The van der Waals surface area contributed by atoms with Crippen LogP contribution in [0.4, 0.5) is 5.13 Å². The summed E-state index contributed by atoms with van der Waals surface area (Å²) in [6.45, 7) is 4.20. The fourth-order valence-corrected chi connectivity index (χ4v) is 1.84. The van der Waals surface area contributed by atoms with E-state index in [9.17, 15) is 4.79 Å². The van der Waals surface area contributed by atoms with Crippen LogP contribution >= 0.6 is 11.5 Å². The lowest BCUT2D eigenvalue weighted by molar-refractivity contribution is -0.119. The molecule has 0 fully saturated rings. The summed E-state index contributed by atoms with van der Waals surface area (Å²) in [6.07, 6.45) is 1.75. The number of nitrogens with two attached hydrogens (primary N) is 1. The number of anilines is 1. The van der Waals surface area contributed by atoms with Crippen molar-refractivity contribution >= 4 is 22.6 Å². The molecule has 1 heterocycles. The highest BCUT2D eigenvalue weighted by Gasteiger charge is 2.16. The van der Waals surface area contributed by atoms with E-state index in [1.54, 1.807) is 6.92 Å². The summed E-state index contributed by atoms with van der Waals surface area (Å²) in [6, 6.07) is 0. The van der Waals surface area contributed by atoms with Crippen LogP contribution in [0.1, 0.15) is 25.6 Å². The number of nitrogens with one attached hydrogen (secondary N) is 1. The molecule has 6 heteroatoms.